The van der Waals surface area contributed by atoms with Crippen LogP contribution in [0, 0.1) is 5.92 Å². The van der Waals surface area contributed by atoms with Crippen molar-refractivity contribution in [2.45, 2.75) is 64.2 Å². The number of hydrogen-bond acceptors (Lipinski definition) is 4. The van der Waals surface area contributed by atoms with Crippen LogP contribution in [0.15, 0.2) is 58.1 Å². The maximum absolute atomic E-state index is 11.8. The number of aryl methyl sites for hydroxylation is 3. The molecular weight excluding hydrogens is 402 g/mol. The van der Waals surface area contributed by atoms with E-state index in [1.54, 1.807) is 0 Å². The SMILES string of the molecule is O=C(O)[C@H](CCCCCCc1ccccc1)CC(=NO)c1ccc2c3c(oc2c1)CCC3. The Morgan fingerprint density at radius 3 is 2.62 bits per heavy atom. The third kappa shape index (κ3) is 5.21. The van der Waals surface area contributed by atoms with Crippen LogP contribution in [-0.2, 0) is 24.1 Å². The number of hydrogen-bond donors (Lipinski definition) is 2. The molecule has 1 aliphatic rings. The largest absolute Gasteiger partial charge is 0.481 e. The maximum Gasteiger partial charge on any atom is 0.306 e. The molecule has 0 bridgehead atoms. The summed E-state index contributed by atoms with van der Waals surface area (Å²) in [5, 5.41) is 23.9. The number of unbranched alkanes of at least 4 members (excludes halogenated alkanes) is 3. The molecule has 1 atom stereocenters. The van der Waals surface area contributed by atoms with Crippen molar-refractivity contribution in [2.75, 3.05) is 0 Å². The van der Waals surface area contributed by atoms with E-state index in [1.807, 2.05) is 24.3 Å². The zero-order valence-electron chi connectivity index (χ0n) is 18.4. The van der Waals surface area contributed by atoms with Gasteiger partial charge in [0, 0.05) is 29.4 Å². The van der Waals surface area contributed by atoms with Crippen LogP contribution in [0.4, 0.5) is 0 Å². The van der Waals surface area contributed by atoms with Gasteiger partial charge in [-0.1, -0.05) is 66.9 Å². The van der Waals surface area contributed by atoms with E-state index < -0.39 is 11.9 Å². The minimum absolute atomic E-state index is 0.210. The van der Waals surface area contributed by atoms with Crippen LogP contribution in [-0.4, -0.2) is 22.0 Å². The highest BCUT2D eigenvalue weighted by Gasteiger charge is 2.23. The molecule has 0 radical (unpaired) electrons. The van der Waals surface area contributed by atoms with Gasteiger partial charge >= 0.3 is 5.97 Å². The van der Waals surface area contributed by atoms with Crippen molar-refractivity contribution in [2.24, 2.45) is 11.1 Å². The number of rotatable bonds is 11. The second-order valence-corrected chi connectivity index (χ2v) is 8.79. The lowest BCUT2D eigenvalue weighted by molar-refractivity contribution is -0.141. The van der Waals surface area contributed by atoms with E-state index in [9.17, 15) is 15.1 Å². The zero-order valence-corrected chi connectivity index (χ0v) is 18.4. The Morgan fingerprint density at radius 1 is 1.03 bits per heavy atom. The van der Waals surface area contributed by atoms with Crippen LogP contribution in [0.1, 0.15) is 67.4 Å². The Bertz CT molecular complexity index is 1080. The molecule has 0 unspecified atom stereocenters. The molecule has 3 aromatic rings. The highest BCUT2D eigenvalue weighted by atomic mass is 16.4. The summed E-state index contributed by atoms with van der Waals surface area (Å²) >= 11 is 0. The summed E-state index contributed by atoms with van der Waals surface area (Å²) in [5.74, 6) is -0.351. The lowest BCUT2D eigenvalue weighted by atomic mass is 9.92. The highest BCUT2D eigenvalue weighted by Crippen LogP contribution is 2.33. The van der Waals surface area contributed by atoms with Crippen LogP contribution < -0.4 is 0 Å². The van der Waals surface area contributed by atoms with Crippen LogP contribution in [0.3, 0.4) is 0 Å². The molecule has 0 saturated heterocycles. The van der Waals surface area contributed by atoms with E-state index in [0.29, 0.717) is 12.1 Å². The van der Waals surface area contributed by atoms with Gasteiger partial charge in [0.1, 0.15) is 11.3 Å². The maximum atomic E-state index is 11.8. The summed E-state index contributed by atoms with van der Waals surface area (Å²) in [4.78, 5) is 11.8. The first-order valence-electron chi connectivity index (χ1n) is 11.7. The molecular formula is C27H31NO4. The van der Waals surface area contributed by atoms with Gasteiger partial charge in [-0.25, -0.2) is 0 Å². The first kappa shape index (κ1) is 22.1. The van der Waals surface area contributed by atoms with Gasteiger partial charge in [-0.05, 0) is 43.7 Å². The van der Waals surface area contributed by atoms with E-state index in [2.05, 4.69) is 29.4 Å². The smallest absolute Gasteiger partial charge is 0.306 e. The monoisotopic (exact) mass is 433 g/mol. The number of fused-ring (bicyclic) bond motifs is 3. The van der Waals surface area contributed by atoms with Crippen molar-refractivity contribution in [3.05, 3.63) is 71.0 Å². The van der Waals surface area contributed by atoms with Gasteiger partial charge in [-0.2, -0.15) is 0 Å². The third-order valence-electron chi connectivity index (χ3n) is 6.56. The molecule has 2 N–H and O–H groups in total. The van der Waals surface area contributed by atoms with E-state index >= 15 is 0 Å². The van der Waals surface area contributed by atoms with E-state index in [-0.39, 0.29) is 6.42 Å². The molecule has 0 aliphatic heterocycles. The van der Waals surface area contributed by atoms with Crippen LogP contribution in [0.2, 0.25) is 0 Å². The number of carboxylic acids is 1. The number of nitrogens with zero attached hydrogens (tertiary/aromatic N) is 1. The van der Waals surface area contributed by atoms with Crippen molar-refractivity contribution in [3.63, 3.8) is 0 Å². The third-order valence-corrected chi connectivity index (χ3v) is 6.56. The predicted octanol–water partition coefficient (Wildman–Crippen LogP) is 6.38. The lowest BCUT2D eigenvalue weighted by Crippen LogP contribution is -2.19. The molecule has 2 aromatic carbocycles. The molecule has 1 heterocycles. The Hall–Kier alpha value is -3.08. The van der Waals surface area contributed by atoms with E-state index in [1.165, 1.54) is 11.1 Å². The molecule has 0 spiro atoms. The molecule has 168 valence electrons. The summed E-state index contributed by atoms with van der Waals surface area (Å²) < 4.78 is 5.98. The van der Waals surface area contributed by atoms with Crippen molar-refractivity contribution in [3.8, 4) is 0 Å². The number of carboxylic acid groups (broad SMARTS) is 1. The predicted molar refractivity (Wildman–Crippen MR) is 126 cm³/mol. The van der Waals surface area contributed by atoms with Gasteiger partial charge in [0.2, 0.25) is 0 Å². The minimum atomic E-state index is -0.839. The van der Waals surface area contributed by atoms with Gasteiger partial charge < -0.3 is 14.7 Å². The second kappa shape index (κ2) is 10.5. The number of benzene rings is 2. The quantitative estimate of drug-likeness (QED) is 0.159. The van der Waals surface area contributed by atoms with Crippen molar-refractivity contribution in [1.29, 1.82) is 0 Å². The topological polar surface area (TPSA) is 83.0 Å². The standard InChI is InChI=1S/C27H31NO4/c29-27(30)21(12-7-2-1-4-9-19-10-5-3-6-11-19)17-24(28-31)20-15-16-23-22-13-8-14-25(22)32-26(23)18-20/h3,5-6,10-11,15-16,18,21,31H,1-2,4,7-9,12-14,17H2,(H,29,30)/t21-/m1/s1. The van der Waals surface area contributed by atoms with Crippen LogP contribution in [0.25, 0.3) is 11.0 Å². The molecule has 5 nitrogen and oxygen atoms in total. The summed E-state index contributed by atoms with van der Waals surface area (Å²) in [6.45, 7) is 0. The fourth-order valence-corrected chi connectivity index (χ4v) is 4.76. The Morgan fingerprint density at radius 2 is 1.84 bits per heavy atom. The summed E-state index contributed by atoms with van der Waals surface area (Å²) in [6.07, 6.45) is 9.03. The summed E-state index contributed by atoms with van der Waals surface area (Å²) in [7, 11) is 0. The Labute approximate surface area is 188 Å². The van der Waals surface area contributed by atoms with E-state index in [4.69, 9.17) is 4.42 Å². The average molecular weight is 434 g/mol. The fourth-order valence-electron chi connectivity index (χ4n) is 4.76. The Kier molecular flexibility index (Phi) is 7.25. The molecule has 1 aliphatic carbocycles. The first-order chi connectivity index (χ1) is 15.7. The molecule has 32 heavy (non-hydrogen) atoms. The number of furan rings is 1. The van der Waals surface area contributed by atoms with Crippen molar-refractivity contribution >= 4 is 22.7 Å². The van der Waals surface area contributed by atoms with Crippen molar-refractivity contribution < 1.29 is 19.5 Å². The van der Waals surface area contributed by atoms with Gasteiger partial charge in [-0.15, -0.1) is 0 Å². The lowest BCUT2D eigenvalue weighted by Gasteiger charge is -2.13. The van der Waals surface area contributed by atoms with Gasteiger partial charge in [-0.3, -0.25) is 4.79 Å². The van der Waals surface area contributed by atoms with Gasteiger partial charge in [0.05, 0.1) is 11.6 Å². The summed E-state index contributed by atoms with van der Waals surface area (Å²) in [5.41, 5.74) is 4.54. The summed E-state index contributed by atoms with van der Waals surface area (Å²) in [6, 6.07) is 16.2. The van der Waals surface area contributed by atoms with Crippen LogP contribution in [0.5, 0.6) is 0 Å². The van der Waals surface area contributed by atoms with Crippen molar-refractivity contribution in [1.82, 2.24) is 0 Å². The average Bonchev–Trinajstić information content (AvgIpc) is 3.39. The zero-order chi connectivity index (χ0) is 22.3. The molecule has 0 amide bonds. The van der Waals surface area contributed by atoms with Gasteiger partial charge in [0.15, 0.2) is 0 Å². The number of oxime groups is 1. The molecule has 0 fully saturated rings. The van der Waals surface area contributed by atoms with Gasteiger partial charge in [0.25, 0.3) is 0 Å². The van der Waals surface area contributed by atoms with Crippen LogP contribution >= 0.6 is 0 Å². The minimum Gasteiger partial charge on any atom is -0.481 e. The fraction of sp³-hybridized carbons (Fsp3) is 0.407. The second-order valence-electron chi connectivity index (χ2n) is 8.79. The highest BCUT2D eigenvalue weighted by molar-refractivity contribution is 6.04. The normalized spacial score (nSPS) is 14.6. The first-order valence-corrected chi connectivity index (χ1v) is 11.7. The molecule has 5 heteroatoms. The Balaban J connectivity index is 1.30. The number of aliphatic carboxylic acids is 1. The molecule has 0 saturated carbocycles. The van der Waals surface area contributed by atoms with E-state index in [0.717, 1.165) is 73.7 Å². The number of carbonyl (C=O) groups is 1. The molecule has 4 rings (SSSR count). The molecule has 1 aromatic heterocycles.